The second-order valence-electron chi connectivity index (χ2n) is 6.22. The summed E-state index contributed by atoms with van der Waals surface area (Å²) in [7, 11) is -3.76. The molecule has 134 valence electrons. The van der Waals surface area contributed by atoms with Gasteiger partial charge in [0.05, 0.1) is 23.1 Å². The standard InChI is InChI=1S/C20H15N3O3S/c21-12-11-14-7-9-16(10-8-14)22-19(24)13-23-17-5-1-3-15-4-2-6-18(20(15)17)27(23,25)26/h1-10H,11,13H2,(H,22,24). The molecular weight excluding hydrogens is 362 g/mol. The number of nitrogens with zero attached hydrogens (tertiary/aromatic N) is 2. The molecule has 0 aliphatic carbocycles. The predicted molar refractivity (Wildman–Crippen MR) is 103 cm³/mol. The summed E-state index contributed by atoms with van der Waals surface area (Å²) in [5, 5.41) is 12.9. The molecule has 3 aromatic carbocycles. The quantitative estimate of drug-likeness (QED) is 0.757. The van der Waals surface area contributed by atoms with Crippen molar-refractivity contribution in [1.82, 2.24) is 0 Å². The third-order valence-electron chi connectivity index (χ3n) is 4.49. The van der Waals surface area contributed by atoms with Gasteiger partial charge in [-0.15, -0.1) is 0 Å². The van der Waals surface area contributed by atoms with Gasteiger partial charge in [0.2, 0.25) is 5.91 Å². The van der Waals surface area contributed by atoms with Crippen molar-refractivity contribution in [2.24, 2.45) is 0 Å². The maximum atomic E-state index is 12.9. The third-order valence-corrected chi connectivity index (χ3v) is 6.29. The Morgan fingerprint density at radius 1 is 1.04 bits per heavy atom. The first-order valence-corrected chi connectivity index (χ1v) is 9.75. The fourth-order valence-electron chi connectivity index (χ4n) is 3.26. The van der Waals surface area contributed by atoms with E-state index in [4.69, 9.17) is 5.26 Å². The predicted octanol–water partition coefficient (Wildman–Crippen LogP) is 3.05. The lowest BCUT2D eigenvalue weighted by molar-refractivity contribution is -0.114. The van der Waals surface area contributed by atoms with Crippen LogP contribution in [0.15, 0.2) is 65.6 Å². The first kappa shape index (κ1) is 17.1. The van der Waals surface area contributed by atoms with E-state index in [-0.39, 0.29) is 11.4 Å². The number of hydrogen-bond acceptors (Lipinski definition) is 4. The minimum absolute atomic E-state index is 0.226. The Kier molecular flexibility index (Phi) is 4.05. The lowest BCUT2D eigenvalue weighted by Gasteiger charge is -2.18. The van der Waals surface area contributed by atoms with Gasteiger partial charge in [-0.05, 0) is 35.2 Å². The van der Waals surface area contributed by atoms with E-state index >= 15 is 0 Å². The molecule has 27 heavy (non-hydrogen) atoms. The van der Waals surface area contributed by atoms with E-state index in [1.807, 2.05) is 12.1 Å². The molecule has 0 spiro atoms. The van der Waals surface area contributed by atoms with Crippen LogP contribution >= 0.6 is 0 Å². The molecule has 3 aromatic rings. The molecule has 0 radical (unpaired) electrons. The molecule has 0 aromatic heterocycles. The Morgan fingerprint density at radius 3 is 2.44 bits per heavy atom. The summed E-state index contributed by atoms with van der Waals surface area (Å²) in [6.45, 7) is -0.309. The van der Waals surface area contributed by atoms with Gasteiger partial charge in [0.1, 0.15) is 6.54 Å². The molecule has 0 bridgehead atoms. The number of nitrogens with one attached hydrogen (secondary N) is 1. The van der Waals surface area contributed by atoms with E-state index in [1.54, 1.807) is 48.5 Å². The minimum atomic E-state index is -3.76. The van der Waals surface area contributed by atoms with Crippen LogP contribution < -0.4 is 9.62 Å². The molecule has 6 nitrogen and oxygen atoms in total. The molecule has 7 heteroatoms. The number of amides is 1. The number of carbonyl (C=O) groups is 1. The summed E-state index contributed by atoms with van der Waals surface area (Å²) >= 11 is 0. The van der Waals surface area contributed by atoms with Gasteiger partial charge in [0.15, 0.2) is 0 Å². The van der Waals surface area contributed by atoms with E-state index in [9.17, 15) is 13.2 Å². The molecule has 0 atom stereocenters. The van der Waals surface area contributed by atoms with Crippen molar-refractivity contribution in [2.75, 3.05) is 16.2 Å². The molecule has 0 saturated heterocycles. The van der Waals surface area contributed by atoms with Gasteiger partial charge in [-0.1, -0.05) is 36.4 Å². The van der Waals surface area contributed by atoms with Gasteiger partial charge >= 0.3 is 0 Å². The fraction of sp³-hybridized carbons (Fsp3) is 0.100. The second-order valence-corrected chi connectivity index (χ2v) is 8.05. The van der Waals surface area contributed by atoms with Crippen LogP contribution in [0.1, 0.15) is 5.56 Å². The molecule has 1 N–H and O–H groups in total. The van der Waals surface area contributed by atoms with Crippen molar-refractivity contribution in [3.8, 4) is 6.07 Å². The number of sulfonamides is 1. The molecular formula is C20H15N3O3S. The summed E-state index contributed by atoms with van der Waals surface area (Å²) in [5.74, 6) is -0.434. The van der Waals surface area contributed by atoms with Crippen LogP contribution in [-0.2, 0) is 21.2 Å². The van der Waals surface area contributed by atoms with E-state index in [0.29, 0.717) is 23.2 Å². The molecule has 0 fully saturated rings. The normalized spacial score (nSPS) is 14.1. The monoisotopic (exact) mass is 377 g/mol. The molecule has 1 aliphatic heterocycles. The lowest BCUT2D eigenvalue weighted by atomic mass is 10.1. The van der Waals surface area contributed by atoms with Gasteiger partial charge in [-0.3, -0.25) is 9.10 Å². The van der Waals surface area contributed by atoms with E-state index < -0.39 is 15.9 Å². The highest BCUT2D eigenvalue weighted by molar-refractivity contribution is 7.93. The van der Waals surface area contributed by atoms with Crippen LogP contribution in [0.4, 0.5) is 11.4 Å². The topological polar surface area (TPSA) is 90.3 Å². The van der Waals surface area contributed by atoms with Gasteiger partial charge in [-0.25, -0.2) is 8.42 Å². The minimum Gasteiger partial charge on any atom is -0.325 e. The smallest absolute Gasteiger partial charge is 0.265 e. The number of hydrogen-bond donors (Lipinski definition) is 1. The fourth-order valence-corrected chi connectivity index (χ4v) is 4.92. The molecule has 4 rings (SSSR count). The molecule has 0 saturated carbocycles. The first-order chi connectivity index (χ1) is 13.0. The third kappa shape index (κ3) is 2.90. The number of benzene rings is 3. The first-order valence-electron chi connectivity index (χ1n) is 8.31. The zero-order valence-electron chi connectivity index (χ0n) is 14.2. The van der Waals surface area contributed by atoms with Crippen molar-refractivity contribution in [3.63, 3.8) is 0 Å². The highest BCUT2D eigenvalue weighted by Gasteiger charge is 2.36. The Bertz CT molecular complexity index is 1190. The molecule has 0 unspecified atom stereocenters. The Labute approximate surface area is 156 Å². The van der Waals surface area contributed by atoms with E-state index in [2.05, 4.69) is 11.4 Å². The highest BCUT2D eigenvalue weighted by Crippen LogP contribution is 2.41. The number of carbonyl (C=O) groups excluding carboxylic acids is 1. The number of rotatable bonds is 4. The molecule has 1 amide bonds. The average Bonchev–Trinajstić information content (AvgIpc) is 2.87. The van der Waals surface area contributed by atoms with Gasteiger partial charge in [0.25, 0.3) is 10.0 Å². The van der Waals surface area contributed by atoms with Crippen molar-refractivity contribution < 1.29 is 13.2 Å². The van der Waals surface area contributed by atoms with E-state index in [1.165, 1.54) is 0 Å². The van der Waals surface area contributed by atoms with Crippen LogP contribution in [0.25, 0.3) is 10.8 Å². The van der Waals surface area contributed by atoms with Gasteiger partial charge in [0, 0.05) is 11.1 Å². The zero-order valence-corrected chi connectivity index (χ0v) is 15.0. The lowest BCUT2D eigenvalue weighted by Crippen LogP contribution is -2.35. The Balaban J connectivity index is 1.59. The maximum Gasteiger partial charge on any atom is 0.265 e. The van der Waals surface area contributed by atoms with Crippen LogP contribution in [0.3, 0.4) is 0 Å². The average molecular weight is 377 g/mol. The van der Waals surface area contributed by atoms with Gasteiger partial charge < -0.3 is 5.32 Å². The summed E-state index contributed by atoms with van der Waals surface area (Å²) in [6, 6.07) is 19.4. The van der Waals surface area contributed by atoms with Crippen LogP contribution in [0.5, 0.6) is 0 Å². The van der Waals surface area contributed by atoms with Crippen molar-refractivity contribution >= 4 is 38.1 Å². The summed E-state index contributed by atoms with van der Waals surface area (Å²) in [5.41, 5.74) is 1.91. The maximum absolute atomic E-state index is 12.9. The molecule has 1 heterocycles. The number of nitriles is 1. The second kappa shape index (κ2) is 6.41. The SMILES string of the molecule is N#CCc1ccc(NC(=O)CN2c3cccc4cccc(c34)S2(=O)=O)cc1. The van der Waals surface area contributed by atoms with Crippen molar-refractivity contribution in [2.45, 2.75) is 11.3 Å². The summed E-state index contributed by atoms with van der Waals surface area (Å²) in [6.07, 6.45) is 0.294. The van der Waals surface area contributed by atoms with Crippen LogP contribution in [0, 0.1) is 11.3 Å². The summed E-state index contributed by atoms with van der Waals surface area (Å²) < 4.78 is 26.9. The Hall–Kier alpha value is -3.37. The Morgan fingerprint density at radius 2 is 1.74 bits per heavy atom. The number of anilines is 2. The van der Waals surface area contributed by atoms with Crippen LogP contribution in [-0.4, -0.2) is 20.9 Å². The van der Waals surface area contributed by atoms with E-state index in [0.717, 1.165) is 15.3 Å². The molecule has 1 aliphatic rings. The van der Waals surface area contributed by atoms with Crippen LogP contribution in [0.2, 0.25) is 0 Å². The van der Waals surface area contributed by atoms with Crippen molar-refractivity contribution in [1.29, 1.82) is 5.26 Å². The van der Waals surface area contributed by atoms with Crippen molar-refractivity contribution in [3.05, 3.63) is 66.2 Å². The summed E-state index contributed by atoms with van der Waals surface area (Å²) in [4.78, 5) is 12.7. The highest BCUT2D eigenvalue weighted by atomic mass is 32.2. The largest absolute Gasteiger partial charge is 0.325 e. The zero-order chi connectivity index (χ0) is 19.0. The van der Waals surface area contributed by atoms with Gasteiger partial charge in [-0.2, -0.15) is 5.26 Å².